The third-order valence-corrected chi connectivity index (χ3v) is 4.34. The van der Waals surface area contributed by atoms with Crippen LogP contribution in [0.3, 0.4) is 0 Å². The van der Waals surface area contributed by atoms with Crippen LogP contribution in [-0.4, -0.2) is 35.6 Å². The van der Waals surface area contributed by atoms with Crippen molar-refractivity contribution in [2.45, 2.75) is 19.3 Å². The fourth-order valence-corrected chi connectivity index (χ4v) is 3.23. The van der Waals surface area contributed by atoms with E-state index in [2.05, 4.69) is 9.82 Å². The first-order chi connectivity index (χ1) is 8.00. The summed E-state index contributed by atoms with van der Waals surface area (Å²) in [7, 11) is -1.87. The van der Waals surface area contributed by atoms with Crippen LogP contribution in [0.4, 0.5) is 11.5 Å². The summed E-state index contributed by atoms with van der Waals surface area (Å²) in [6.07, 6.45) is 4.32. The predicted octanol–water partition coefficient (Wildman–Crippen LogP) is 0.145. The minimum Gasteiger partial charge on any atom is -0.394 e. The third kappa shape index (κ3) is 2.52. The Balaban J connectivity index is 2.17. The Morgan fingerprint density at radius 3 is 2.53 bits per heavy atom. The van der Waals surface area contributed by atoms with E-state index in [1.165, 1.54) is 15.2 Å². The van der Waals surface area contributed by atoms with E-state index in [1.807, 2.05) is 0 Å². The summed E-state index contributed by atoms with van der Waals surface area (Å²) in [6.45, 7) is 1.13. The van der Waals surface area contributed by atoms with Crippen molar-refractivity contribution in [3.63, 3.8) is 0 Å². The minimum atomic E-state index is -3.51. The number of hydrogen-bond acceptors (Lipinski definition) is 4. The first-order valence-electron chi connectivity index (χ1n) is 5.56. The number of piperidine rings is 1. The van der Waals surface area contributed by atoms with Gasteiger partial charge in [0, 0.05) is 20.1 Å². The Kier molecular flexibility index (Phi) is 3.25. The maximum Gasteiger partial charge on any atom is 0.302 e. The number of rotatable bonds is 3. The second-order valence-electron chi connectivity index (χ2n) is 4.14. The van der Waals surface area contributed by atoms with Gasteiger partial charge in [-0.2, -0.15) is 17.8 Å². The molecule has 3 N–H and O–H groups in total. The Morgan fingerprint density at radius 1 is 1.35 bits per heavy atom. The molecule has 0 amide bonds. The van der Waals surface area contributed by atoms with Gasteiger partial charge >= 0.3 is 10.2 Å². The summed E-state index contributed by atoms with van der Waals surface area (Å²) in [4.78, 5) is 0. The van der Waals surface area contributed by atoms with Gasteiger partial charge in [0.25, 0.3) is 0 Å². The number of anilines is 2. The highest BCUT2D eigenvalue weighted by Gasteiger charge is 2.25. The summed E-state index contributed by atoms with van der Waals surface area (Å²) in [5.41, 5.74) is 5.98. The monoisotopic (exact) mass is 259 g/mol. The van der Waals surface area contributed by atoms with Crippen LogP contribution < -0.4 is 10.5 Å². The molecule has 0 aromatic carbocycles. The van der Waals surface area contributed by atoms with Crippen LogP contribution in [0.2, 0.25) is 0 Å². The number of nitrogen functional groups attached to an aromatic ring is 1. The Labute approximate surface area is 101 Å². The van der Waals surface area contributed by atoms with E-state index in [1.54, 1.807) is 7.05 Å². The molecule has 0 spiro atoms. The van der Waals surface area contributed by atoms with Crippen LogP contribution >= 0.6 is 0 Å². The van der Waals surface area contributed by atoms with E-state index < -0.39 is 10.2 Å². The lowest BCUT2D eigenvalue weighted by Gasteiger charge is -2.26. The number of nitrogens with zero attached hydrogens (tertiary/aromatic N) is 3. The maximum absolute atomic E-state index is 12.1. The van der Waals surface area contributed by atoms with Crippen LogP contribution in [0, 0.1) is 0 Å². The lowest BCUT2D eigenvalue weighted by atomic mass is 10.2. The zero-order valence-electron chi connectivity index (χ0n) is 9.76. The second-order valence-corrected chi connectivity index (χ2v) is 5.81. The molecule has 17 heavy (non-hydrogen) atoms. The van der Waals surface area contributed by atoms with Gasteiger partial charge in [-0.3, -0.25) is 9.40 Å². The molecule has 1 aliphatic rings. The Hall–Kier alpha value is -1.28. The summed E-state index contributed by atoms with van der Waals surface area (Å²) in [5, 5.41) is 3.89. The van der Waals surface area contributed by atoms with Crippen LogP contribution in [0.25, 0.3) is 0 Å². The van der Waals surface area contributed by atoms with Crippen LogP contribution in [0.1, 0.15) is 19.3 Å². The average molecular weight is 259 g/mol. The molecule has 0 bridgehead atoms. The molecular weight excluding hydrogens is 242 g/mol. The number of aryl methyl sites for hydroxylation is 1. The van der Waals surface area contributed by atoms with E-state index in [0.717, 1.165) is 19.3 Å². The Morgan fingerprint density at radius 2 is 2.00 bits per heavy atom. The Bertz CT molecular complexity index is 470. The molecule has 1 aliphatic heterocycles. The van der Waals surface area contributed by atoms with E-state index in [0.29, 0.717) is 24.6 Å². The smallest absolute Gasteiger partial charge is 0.302 e. The number of aromatic nitrogens is 2. The van der Waals surface area contributed by atoms with Gasteiger partial charge in [0.2, 0.25) is 0 Å². The molecule has 1 saturated heterocycles. The molecular formula is C9H17N5O2S. The van der Waals surface area contributed by atoms with Gasteiger partial charge in [-0.15, -0.1) is 0 Å². The summed E-state index contributed by atoms with van der Waals surface area (Å²) >= 11 is 0. The van der Waals surface area contributed by atoms with Gasteiger partial charge in [0.15, 0.2) is 5.82 Å². The molecule has 0 aliphatic carbocycles. The SMILES string of the molecule is Cn1ncc(N)c1NS(=O)(=O)N1CCCCC1. The number of hydrogen-bond donors (Lipinski definition) is 2. The molecule has 8 heteroatoms. The molecule has 7 nitrogen and oxygen atoms in total. The highest BCUT2D eigenvalue weighted by Crippen LogP contribution is 2.20. The predicted molar refractivity (Wildman–Crippen MR) is 65.6 cm³/mol. The lowest BCUT2D eigenvalue weighted by Crippen LogP contribution is -2.39. The molecule has 0 unspecified atom stereocenters. The van der Waals surface area contributed by atoms with Crippen molar-refractivity contribution in [3.05, 3.63) is 6.20 Å². The van der Waals surface area contributed by atoms with Crippen molar-refractivity contribution in [1.82, 2.24) is 14.1 Å². The molecule has 0 saturated carbocycles. The van der Waals surface area contributed by atoms with E-state index in [9.17, 15) is 8.42 Å². The minimum absolute atomic E-state index is 0.315. The van der Waals surface area contributed by atoms with Crippen molar-refractivity contribution in [1.29, 1.82) is 0 Å². The van der Waals surface area contributed by atoms with Gasteiger partial charge in [0.05, 0.1) is 11.9 Å². The fraction of sp³-hybridized carbons (Fsp3) is 0.667. The van der Waals surface area contributed by atoms with Gasteiger partial charge in [-0.25, -0.2) is 0 Å². The molecule has 96 valence electrons. The molecule has 1 aromatic heterocycles. The number of nitrogens with two attached hydrogens (primary N) is 1. The highest BCUT2D eigenvalue weighted by atomic mass is 32.2. The lowest BCUT2D eigenvalue weighted by molar-refractivity contribution is 0.349. The zero-order chi connectivity index (χ0) is 12.5. The topological polar surface area (TPSA) is 93.2 Å². The zero-order valence-corrected chi connectivity index (χ0v) is 10.6. The molecule has 1 aromatic rings. The van der Waals surface area contributed by atoms with Crippen LogP contribution in [-0.2, 0) is 17.3 Å². The second kappa shape index (κ2) is 4.53. The van der Waals surface area contributed by atoms with Crippen LogP contribution in [0.15, 0.2) is 6.20 Å². The molecule has 2 rings (SSSR count). The van der Waals surface area contributed by atoms with Gasteiger partial charge in [-0.05, 0) is 12.8 Å². The molecule has 0 atom stereocenters. The van der Waals surface area contributed by atoms with Gasteiger partial charge < -0.3 is 5.73 Å². The number of nitrogens with one attached hydrogen (secondary N) is 1. The summed E-state index contributed by atoms with van der Waals surface area (Å²) in [6, 6.07) is 0. The average Bonchev–Trinajstić information content (AvgIpc) is 2.62. The van der Waals surface area contributed by atoms with Gasteiger partial charge in [-0.1, -0.05) is 6.42 Å². The molecule has 0 radical (unpaired) electrons. The van der Waals surface area contributed by atoms with E-state index >= 15 is 0 Å². The normalized spacial score (nSPS) is 18.2. The first-order valence-corrected chi connectivity index (χ1v) is 7.00. The van der Waals surface area contributed by atoms with E-state index in [4.69, 9.17) is 5.73 Å². The third-order valence-electron chi connectivity index (χ3n) is 2.85. The quantitative estimate of drug-likeness (QED) is 0.807. The summed E-state index contributed by atoms with van der Waals surface area (Å²) < 4.78 is 29.5. The standard InChI is InChI=1S/C9H17N5O2S/c1-13-9(8(10)7-11-13)12-17(15,16)14-5-3-2-4-6-14/h7,12H,2-6,10H2,1H3. The highest BCUT2D eigenvalue weighted by molar-refractivity contribution is 7.90. The maximum atomic E-state index is 12.1. The van der Waals surface area contributed by atoms with E-state index in [-0.39, 0.29) is 0 Å². The molecule has 2 heterocycles. The largest absolute Gasteiger partial charge is 0.394 e. The van der Waals surface area contributed by atoms with Crippen molar-refractivity contribution in [2.75, 3.05) is 23.5 Å². The van der Waals surface area contributed by atoms with Crippen LogP contribution in [0.5, 0.6) is 0 Å². The fourth-order valence-electron chi connectivity index (χ4n) is 1.87. The first kappa shape index (κ1) is 12.2. The van der Waals surface area contributed by atoms with Crippen molar-refractivity contribution < 1.29 is 8.42 Å². The van der Waals surface area contributed by atoms with Crippen molar-refractivity contribution in [3.8, 4) is 0 Å². The molecule has 1 fully saturated rings. The van der Waals surface area contributed by atoms with Crippen molar-refractivity contribution >= 4 is 21.7 Å². The van der Waals surface area contributed by atoms with Gasteiger partial charge in [0.1, 0.15) is 0 Å². The summed E-state index contributed by atoms with van der Waals surface area (Å²) in [5.74, 6) is 0.315. The van der Waals surface area contributed by atoms with Crippen molar-refractivity contribution in [2.24, 2.45) is 7.05 Å².